The highest BCUT2D eigenvalue weighted by Crippen LogP contribution is 2.25. The van der Waals surface area contributed by atoms with Crippen molar-refractivity contribution in [2.45, 2.75) is 4.90 Å². The molecule has 2 aromatic carbocycles. The lowest BCUT2D eigenvalue weighted by Gasteiger charge is -2.11. The second-order valence-electron chi connectivity index (χ2n) is 4.57. The summed E-state index contributed by atoms with van der Waals surface area (Å²) in [6.45, 7) is 0. The van der Waals surface area contributed by atoms with E-state index in [1.54, 1.807) is 36.4 Å². The molecule has 116 valence electrons. The maximum atomic E-state index is 12.4. The van der Waals surface area contributed by atoms with E-state index in [0.29, 0.717) is 15.8 Å². The van der Waals surface area contributed by atoms with Crippen molar-refractivity contribution in [1.82, 2.24) is 0 Å². The summed E-state index contributed by atoms with van der Waals surface area (Å²) >= 11 is 3.30. The van der Waals surface area contributed by atoms with E-state index in [9.17, 15) is 13.2 Å². The van der Waals surface area contributed by atoms with Crippen molar-refractivity contribution in [3.8, 4) is 5.75 Å². The van der Waals surface area contributed by atoms with Gasteiger partial charge in [-0.3, -0.25) is 4.79 Å². The SMILES string of the molecule is COc1ccc(Br)c(C(=O)Nc2ccccc2S(C)(=O)=O)c1. The molecule has 1 amide bonds. The van der Waals surface area contributed by atoms with Crippen LogP contribution in [0.3, 0.4) is 0 Å². The van der Waals surface area contributed by atoms with Gasteiger partial charge in [-0.2, -0.15) is 0 Å². The number of carbonyl (C=O) groups is 1. The number of hydrogen-bond donors (Lipinski definition) is 1. The van der Waals surface area contributed by atoms with Crippen LogP contribution in [0.15, 0.2) is 51.8 Å². The quantitative estimate of drug-likeness (QED) is 0.879. The molecule has 0 heterocycles. The summed E-state index contributed by atoms with van der Waals surface area (Å²) in [7, 11) is -1.93. The molecule has 0 bridgehead atoms. The van der Waals surface area contributed by atoms with Gasteiger partial charge in [0.25, 0.3) is 5.91 Å². The van der Waals surface area contributed by atoms with E-state index < -0.39 is 15.7 Å². The predicted molar refractivity (Wildman–Crippen MR) is 88.2 cm³/mol. The molecule has 0 aromatic heterocycles. The highest BCUT2D eigenvalue weighted by molar-refractivity contribution is 9.10. The van der Waals surface area contributed by atoms with E-state index >= 15 is 0 Å². The van der Waals surface area contributed by atoms with Crippen molar-refractivity contribution in [3.05, 3.63) is 52.5 Å². The maximum Gasteiger partial charge on any atom is 0.256 e. The predicted octanol–water partition coefficient (Wildman–Crippen LogP) is 3.11. The van der Waals surface area contributed by atoms with Crippen LogP contribution in [-0.4, -0.2) is 27.7 Å². The molecule has 0 spiro atoms. The first kappa shape index (κ1) is 16.5. The Morgan fingerprint density at radius 2 is 1.86 bits per heavy atom. The molecular weight excluding hydrogens is 370 g/mol. The van der Waals surface area contributed by atoms with Crippen LogP contribution < -0.4 is 10.1 Å². The van der Waals surface area contributed by atoms with E-state index in [1.165, 1.54) is 13.2 Å². The van der Waals surface area contributed by atoms with Gasteiger partial charge in [-0.1, -0.05) is 12.1 Å². The molecule has 5 nitrogen and oxygen atoms in total. The average Bonchev–Trinajstić information content (AvgIpc) is 2.47. The fourth-order valence-corrected chi connectivity index (χ4v) is 3.16. The van der Waals surface area contributed by atoms with Crippen LogP contribution in [0.5, 0.6) is 5.75 Å². The van der Waals surface area contributed by atoms with Crippen LogP contribution in [0, 0.1) is 0 Å². The van der Waals surface area contributed by atoms with Crippen LogP contribution in [0.25, 0.3) is 0 Å². The summed E-state index contributed by atoms with van der Waals surface area (Å²) < 4.78 is 29.2. The van der Waals surface area contributed by atoms with Crippen molar-refractivity contribution >= 4 is 37.4 Å². The minimum absolute atomic E-state index is 0.0716. The number of benzene rings is 2. The third-order valence-corrected chi connectivity index (χ3v) is 4.80. The largest absolute Gasteiger partial charge is 0.497 e. The Morgan fingerprint density at radius 3 is 2.50 bits per heavy atom. The maximum absolute atomic E-state index is 12.4. The fraction of sp³-hybridized carbons (Fsp3) is 0.133. The van der Waals surface area contributed by atoms with Crippen molar-refractivity contribution in [2.24, 2.45) is 0 Å². The molecular formula is C15H14BrNO4S. The van der Waals surface area contributed by atoms with Gasteiger partial charge < -0.3 is 10.1 Å². The minimum atomic E-state index is -3.44. The Kier molecular flexibility index (Phi) is 4.87. The van der Waals surface area contributed by atoms with E-state index in [4.69, 9.17) is 4.74 Å². The Balaban J connectivity index is 2.38. The van der Waals surface area contributed by atoms with E-state index in [-0.39, 0.29) is 10.6 Å². The van der Waals surface area contributed by atoms with Gasteiger partial charge in [0.05, 0.1) is 23.3 Å². The molecule has 0 aliphatic carbocycles. The molecule has 0 fully saturated rings. The average molecular weight is 384 g/mol. The van der Waals surface area contributed by atoms with Gasteiger partial charge in [0.2, 0.25) is 0 Å². The third kappa shape index (κ3) is 3.66. The number of rotatable bonds is 4. The smallest absolute Gasteiger partial charge is 0.256 e. The zero-order valence-electron chi connectivity index (χ0n) is 12.0. The van der Waals surface area contributed by atoms with Gasteiger partial charge in [0, 0.05) is 10.7 Å². The summed E-state index contributed by atoms with van der Waals surface area (Å²) in [4.78, 5) is 12.5. The van der Waals surface area contributed by atoms with E-state index in [1.807, 2.05) is 0 Å². The minimum Gasteiger partial charge on any atom is -0.497 e. The highest BCUT2D eigenvalue weighted by Gasteiger charge is 2.17. The monoisotopic (exact) mass is 383 g/mol. The first-order chi connectivity index (χ1) is 10.3. The zero-order valence-corrected chi connectivity index (χ0v) is 14.4. The summed E-state index contributed by atoms with van der Waals surface area (Å²) in [6.07, 6.45) is 1.10. The summed E-state index contributed by atoms with van der Waals surface area (Å²) in [5.74, 6) is 0.103. The highest BCUT2D eigenvalue weighted by atomic mass is 79.9. The number of anilines is 1. The van der Waals surface area contributed by atoms with Crippen LogP contribution in [0.2, 0.25) is 0 Å². The number of nitrogens with one attached hydrogen (secondary N) is 1. The molecule has 7 heteroatoms. The fourth-order valence-electron chi connectivity index (χ4n) is 1.89. The van der Waals surface area contributed by atoms with Gasteiger partial charge in [-0.15, -0.1) is 0 Å². The van der Waals surface area contributed by atoms with Gasteiger partial charge in [0.1, 0.15) is 5.75 Å². The first-order valence-corrected chi connectivity index (χ1v) is 8.95. The molecule has 0 atom stereocenters. The lowest BCUT2D eigenvalue weighted by Crippen LogP contribution is -2.15. The van der Waals surface area contributed by atoms with Crippen LogP contribution in [0.4, 0.5) is 5.69 Å². The van der Waals surface area contributed by atoms with Crippen molar-refractivity contribution in [1.29, 1.82) is 0 Å². The third-order valence-electron chi connectivity index (χ3n) is 2.95. The summed E-state index contributed by atoms with van der Waals surface area (Å²) in [5.41, 5.74) is 0.590. The molecule has 0 aliphatic rings. The molecule has 0 saturated carbocycles. The van der Waals surface area contributed by atoms with Crippen molar-refractivity contribution < 1.29 is 17.9 Å². The zero-order chi connectivity index (χ0) is 16.3. The number of halogens is 1. The second kappa shape index (κ2) is 6.50. The van der Waals surface area contributed by atoms with E-state index in [0.717, 1.165) is 6.26 Å². The first-order valence-electron chi connectivity index (χ1n) is 6.27. The second-order valence-corrected chi connectivity index (χ2v) is 7.41. The van der Waals surface area contributed by atoms with Gasteiger partial charge in [0.15, 0.2) is 9.84 Å². The number of methoxy groups -OCH3 is 1. The van der Waals surface area contributed by atoms with Crippen LogP contribution in [0.1, 0.15) is 10.4 Å². The van der Waals surface area contributed by atoms with Gasteiger partial charge in [-0.05, 0) is 46.3 Å². The summed E-state index contributed by atoms with van der Waals surface area (Å²) in [6, 6.07) is 11.2. The van der Waals surface area contributed by atoms with Gasteiger partial charge >= 0.3 is 0 Å². The number of hydrogen-bond acceptors (Lipinski definition) is 4. The van der Waals surface area contributed by atoms with Crippen LogP contribution >= 0.6 is 15.9 Å². The normalized spacial score (nSPS) is 11.0. The number of sulfone groups is 1. The summed E-state index contributed by atoms with van der Waals surface area (Å²) in [5, 5.41) is 2.62. The lowest BCUT2D eigenvalue weighted by molar-refractivity contribution is 0.102. The molecule has 0 saturated heterocycles. The van der Waals surface area contributed by atoms with Crippen molar-refractivity contribution in [3.63, 3.8) is 0 Å². The topological polar surface area (TPSA) is 72.5 Å². The van der Waals surface area contributed by atoms with Crippen LogP contribution in [-0.2, 0) is 9.84 Å². The molecule has 0 unspecified atom stereocenters. The van der Waals surface area contributed by atoms with Crippen molar-refractivity contribution in [2.75, 3.05) is 18.7 Å². The number of ether oxygens (including phenoxy) is 1. The van der Waals surface area contributed by atoms with Gasteiger partial charge in [-0.25, -0.2) is 8.42 Å². The lowest BCUT2D eigenvalue weighted by atomic mass is 10.2. The molecule has 2 aromatic rings. The standard InChI is InChI=1S/C15H14BrNO4S/c1-21-10-7-8-12(16)11(9-10)15(18)17-13-5-3-4-6-14(13)22(2,19)20/h3-9H,1-2H3,(H,17,18). The molecule has 0 aliphatic heterocycles. The molecule has 22 heavy (non-hydrogen) atoms. The number of carbonyl (C=O) groups excluding carboxylic acids is 1. The van der Waals surface area contributed by atoms with E-state index in [2.05, 4.69) is 21.2 Å². The molecule has 1 N–H and O–H groups in total. The molecule has 2 rings (SSSR count). The number of amides is 1. The number of para-hydroxylation sites is 1. The Morgan fingerprint density at radius 1 is 1.18 bits per heavy atom. The Hall–Kier alpha value is -1.86. The molecule has 0 radical (unpaired) electrons. The Bertz CT molecular complexity index is 818. The Labute approximate surface area is 137 Å².